The summed E-state index contributed by atoms with van der Waals surface area (Å²) >= 11 is 0. The van der Waals surface area contributed by atoms with Crippen LogP contribution in [-0.4, -0.2) is 44.0 Å². The maximum atomic E-state index is 14.8. The summed E-state index contributed by atoms with van der Waals surface area (Å²) in [5.41, 5.74) is 6.94. The van der Waals surface area contributed by atoms with E-state index in [1.807, 2.05) is 0 Å². The first-order chi connectivity index (χ1) is 17.2. The van der Waals surface area contributed by atoms with E-state index < -0.39 is 15.8 Å². The fourth-order valence-corrected chi connectivity index (χ4v) is 4.56. The third kappa shape index (κ3) is 5.57. The van der Waals surface area contributed by atoms with Gasteiger partial charge in [0, 0.05) is 0 Å². The van der Waals surface area contributed by atoms with Crippen molar-refractivity contribution < 1.29 is 36.5 Å². The number of halogens is 1. The number of ether oxygens (including phenoxy) is 5. The minimum absolute atomic E-state index is 0.0866. The Hall–Kier alpha value is -4.12. The van der Waals surface area contributed by atoms with E-state index in [1.54, 1.807) is 24.3 Å². The lowest BCUT2D eigenvalue weighted by molar-refractivity contribution is 0.324. The average Bonchev–Trinajstić information content (AvgIpc) is 2.86. The molecule has 0 unspecified atom stereocenters. The minimum atomic E-state index is -4.12. The Morgan fingerprint density at radius 3 is 1.81 bits per heavy atom. The number of sulfonamides is 1. The van der Waals surface area contributed by atoms with Gasteiger partial charge in [-0.3, -0.25) is 4.72 Å². The smallest absolute Gasteiger partial charge is 0.262 e. The van der Waals surface area contributed by atoms with Crippen LogP contribution in [0.25, 0.3) is 12.2 Å². The van der Waals surface area contributed by atoms with Gasteiger partial charge in [0.25, 0.3) is 10.0 Å². The maximum Gasteiger partial charge on any atom is 0.262 e. The second-order valence-corrected chi connectivity index (χ2v) is 9.07. The van der Waals surface area contributed by atoms with E-state index in [1.165, 1.54) is 65.9 Å². The van der Waals surface area contributed by atoms with Crippen molar-refractivity contribution in [3.05, 3.63) is 59.4 Å². The summed E-state index contributed by atoms with van der Waals surface area (Å²) in [4.78, 5) is -0.123. The van der Waals surface area contributed by atoms with Crippen molar-refractivity contribution >= 4 is 33.6 Å². The highest BCUT2D eigenvalue weighted by Crippen LogP contribution is 2.39. The molecule has 0 saturated carbocycles. The van der Waals surface area contributed by atoms with E-state index in [2.05, 4.69) is 4.72 Å². The number of nitrogens with one attached hydrogen (secondary N) is 1. The van der Waals surface area contributed by atoms with Gasteiger partial charge in [-0.15, -0.1) is 0 Å². The first-order valence-corrected chi connectivity index (χ1v) is 12.0. The summed E-state index contributed by atoms with van der Waals surface area (Å²) in [6.45, 7) is 0. The fourth-order valence-electron chi connectivity index (χ4n) is 3.47. The maximum absolute atomic E-state index is 14.8. The molecule has 0 heterocycles. The molecule has 0 spiro atoms. The first-order valence-electron chi connectivity index (χ1n) is 10.5. The number of hydrogen-bond donors (Lipinski definition) is 2. The topological polar surface area (TPSA) is 118 Å². The Labute approximate surface area is 209 Å². The molecule has 3 N–H and O–H groups in total. The summed E-state index contributed by atoms with van der Waals surface area (Å²) in [6, 6.07) is 10.1. The zero-order chi connectivity index (χ0) is 26.5. The molecule has 0 saturated heterocycles. The van der Waals surface area contributed by atoms with E-state index in [0.29, 0.717) is 34.1 Å². The molecule has 36 heavy (non-hydrogen) atoms. The molecule has 0 radical (unpaired) electrons. The zero-order valence-corrected chi connectivity index (χ0v) is 21.2. The highest BCUT2D eigenvalue weighted by atomic mass is 32.2. The third-order valence-electron chi connectivity index (χ3n) is 5.18. The van der Waals surface area contributed by atoms with E-state index in [4.69, 9.17) is 29.4 Å². The molecule has 0 aliphatic carbocycles. The second kappa shape index (κ2) is 11.1. The van der Waals surface area contributed by atoms with Crippen LogP contribution < -0.4 is 34.1 Å². The predicted molar refractivity (Wildman–Crippen MR) is 136 cm³/mol. The number of methoxy groups -OCH3 is 5. The van der Waals surface area contributed by atoms with Crippen molar-refractivity contribution in [2.45, 2.75) is 4.90 Å². The molecule has 0 aliphatic heterocycles. The molecular weight excluding hydrogens is 491 g/mol. The first kappa shape index (κ1) is 26.5. The highest BCUT2D eigenvalue weighted by Gasteiger charge is 2.20. The molecular formula is C25H27FN2O7S. The number of anilines is 2. The van der Waals surface area contributed by atoms with Gasteiger partial charge in [-0.25, -0.2) is 12.8 Å². The van der Waals surface area contributed by atoms with Gasteiger partial charge in [0.2, 0.25) is 5.75 Å². The molecule has 3 rings (SSSR count). The molecule has 192 valence electrons. The van der Waals surface area contributed by atoms with Crippen LogP contribution in [0, 0.1) is 5.82 Å². The summed E-state index contributed by atoms with van der Waals surface area (Å²) in [6.07, 6.45) is 3.29. The standard InChI is InChI=1S/C25H27FN2O7S/c1-31-21-9-8-17(14-19(21)27)36(29,30)28-20-11-15(10-18(26)24(20)34-4)6-7-16-12-22(32-2)25(35-5)23(13-16)33-3/h6-14,28H,27H2,1-5H3. The van der Waals surface area contributed by atoms with E-state index in [0.717, 1.165) is 0 Å². The molecule has 0 amide bonds. The van der Waals surface area contributed by atoms with Crippen LogP contribution in [0.4, 0.5) is 15.8 Å². The Bertz CT molecular complexity index is 1370. The largest absolute Gasteiger partial charge is 0.495 e. The fraction of sp³-hybridized carbons (Fsp3) is 0.200. The van der Waals surface area contributed by atoms with Crippen LogP contribution in [0.2, 0.25) is 0 Å². The van der Waals surface area contributed by atoms with Crippen molar-refractivity contribution in [3.8, 4) is 28.7 Å². The van der Waals surface area contributed by atoms with Gasteiger partial charge in [0.1, 0.15) is 5.75 Å². The van der Waals surface area contributed by atoms with Gasteiger partial charge in [0.05, 0.1) is 51.8 Å². The van der Waals surface area contributed by atoms with Gasteiger partial charge in [-0.1, -0.05) is 12.2 Å². The van der Waals surface area contributed by atoms with Gasteiger partial charge in [-0.05, 0) is 53.6 Å². The molecule has 9 nitrogen and oxygen atoms in total. The number of rotatable bonds is 10. The highest BCUT2D eigenvalue weighted by molar-refractivity contribution is 7.92. The number of nitrogens with two attached hydrogens (primary N) is 1. The van der Waals surface area contributed by atoms with Gasteiger partial charge < -0.3 is 29.4 Å². The van der Waals surface area contributed by atoms with Crippen molar-refractivity contribution in [2.24, 2.45) is 0 Å². The third-order valence-corrected chi connectivity index (χ3v) is 6.54. The van der Waals surface area contributed by atoms with Crippen molar-refractivity contribution in [2.75, 3.05) is 46.0 Å². The number of nitrogen functional groups attached to an aromatic ring is 1. The Morgan fingerprint density at radius 1 is 0.750 bits per heavy atom. The number of hydrogen-bond acceptors (Lipinski definition) is 8. The lowest BCUT2D eigenvalue weighted by Gasteiger charge is -2.15. The van der Waals surface area contributed by atoms with Crippen LogP contribution in [-0.2, 0) is 10.0 Å². The molecule has 3 aromatic carbocycles. The van der Waals surface area contributed by atoms with E-state index in [9.17, 15) is 12.8 Å². The Kier molecular flexibility index (Phi) is 8.15. The molecule has 0 aliphatic rings. The quantitative estimate of drug-likeness (QED) is 0.299. The summed E-state index contributed by atoms with van der Waals surface area (Å²) in [5, 5.41) is 0. The molecule has 0 atom stereocenters. The van der Waals surface area contributed by atoms with Crippen molar-refractivity contribution in [3.63, 3.8) is 0 Å². The SMILES string of the molecule is COc1ccc(S(=O)(=O)Nc2cc(C=Cc3cc(OC)c(OC)c(OC)c3)cc(F)c2OC)cc1N. The zero-order valence-electron chi connectivity index (χ0n) is 20.4. The molecule has 0 aromatic heterocycles. The van der Waals surface area contributed by atoms with E-state index in [-0.39, 0.29) is 22.0 Å². The van der Waals surface area contributed by atoms with Gasteiger partial charge in [0.15, 0.2) is 23.1 Å². The van der Waals surface area contributed by atoms with E-state index >= 15 is 0 Å². The van der Waals surface area contributed by atoms with Crippen LogP contribution in [0.3, 0.4) is 0 Å². The second-order valence-electron chi connectivity index (χ2n) is 7.38. The summed E-state index contributed by atoms with van der Waals surface area (Å²) in [7, 11) is 3.04. The van der Waals surface area contributed by atoms with Crippen LogP contribution in [0.15, 0.2) is 47.4 Å². The summed E-state index contributed by atoms with van der Waals surface area (Å²) < 4.78 is 69.3. The number of benzene rings is 3. The molecule has 0 fully saturated rings. The van der Waals surface area contributed by atoms with Crippen LogP contribution in [0.1, 0.15) is 11.1 Å². The van der Waals surface area contributed by atoms with Crippen molar-refractivity contribution in [1.82, 2.24) is 0 Å². The van der Waals surface area contributed by atoms with Gasteiger partial charge in [-0.2, -0.15) is 0 Å². The van der Waals surface area contributed by atoms with Crippen LogP contribution in [0.5, 0.6) is 28.7 Å². The molecule has 0 bridgehead atoms. The summed E-state index contributed by atoms with van der Waals surface area (Å²) in [5.74, 6) is 0.649. The Balaban J connectivity index is 1.99. The predicted octanol–water partition coefficient (Wildman–Crippen LogP) is 4.42. The van der Waals surface area contributed by atoms with Crippen molar-refractivity contribution in [1.29, 1.82) is 0 Å². The minimum Gasteiger partial charge on any atom is -0.495 e. The average molecular weight is 519 g/mol. The van der Waals surface area contributed by atoms with Crippen LogP contribution >= 0.6 is 0 Å². The Morgan fingerprint density at radius 2 is 1.31 bits per heavy atom. The molecule has 11 heteroatoms. The monoisotopic (exact) mass is 518 g/mol. The molecule has 3 aromatic rings. The lowest BCUT2D eigenvalue weighted by Crippen LogP contribution is -2.14. The van der Waals surface area contributed by atoms with Gasteiger partial charge >= 0.3 is 0 Å². The lowest BCUT2D eigenvalue weighted by atomic mass is 10.1. The normalized spacial score (nSPS) is 11.3.